The lowest BCUT2D eigenvalue weighted by Crippen LogP contribution is -2.03. The number of ether oxygens (including phenoxy) is 2. The normalized spacial score (nSPS) is 13.3. The number of rotatable bonds is 1. The number of aryl methyl sites for hydroxylation is 1. The number of hydrogen-bond donors (Lipinski definition) is 0. The van der Waals surface area contributed by atoms with Gasteiger partial charge in [0.2, 0.25) is 5.78 Å². The molecular weight excluding hydrogens is 248 g/mol. The molecule has 1 aliphatic rings. The van der Waals surface area contributed by atoms with E-state index in [1.807, 2.05) is 30.5 Å². The summed E-state index contributed by atoms with van der Waals surface area (Å²) in [6.07, 6.45) is 0. The number of carbonyl (C=O) groups excluding carboxylic acids is 1. The highest BCUT2D eigenvalue weighted by atomic mass is 32.1. The molecule has 2 heterocycles. The molecule has 0 saturated carbocycles. The Kier molecular flexibility index (Phi) is 2.59. The SMILES string of the molecule is COc1ccc(C)c2c1OCc1ccsc1C2=O. The van der Waals surface area contributed by atoms with Crippen molar-refractivity contribution in [1.29, 1.82) is 0 Å². The van der Waals surface area contributed by atoms with E-state index in [-0.39, 0.29) is 5.78 Å². The molecule has 0 atom stereocenters. The first kappa shape index (κ1) is 11.3. The van der Waals surface area contributed by atoms with Gasteiger partial charge in [-0.2, -0.15) is 0 Å². The van der Waals surface area contributed by atoms with E-state index in [1.165, 1.54) is 11.3 Å². The Morgan fingerprint density at radius 1 is 1.33 bits per heavy atom. The smallest absolute Gasteiger partial charge is 0.207 e. The Labute approximate surface area is 109 Å². The average Bonchev–Trinajstić information content (AvgIpc) is 2.79. The molecule has 0 N–H and O–H groups in total. The summed E-state index contributed by atoms with van der Waals surface area (Å²) in [4.78, 5) is 13.3. The van der Waals surface area contributed by atoms with Crippen molar-refractivity contribution in [2.45, 2.75) is 13.5 Å². The lowest BCUT2D eigenvalue weighted by molar-refractivity contribution is 0.104. The van der Waals surface area contributed by atoms with Crippen LogP contribution < -0.4 is 9.47 Å². The van der Waals surface area contributed by atoms with E-state index in [0.717, 1.165) is 16.0 Å². The fraction of sp³-hybridized carbons (Fsp3) is 0.214. The van der Waals surface area contributed by atoms with E-state index in [4.69, 9.17) is 9.47 Å². The minimum Gasteiger partial charge on any atom is -0.493 e. The quantitative estimate of drug-likeness (QED) is 0.790. The highest BCUT2D eigenvalue weighted by Gasteiger charge is 2.27. The van der Waals surface area contributed by atoms with Gasteiger partial charge in [0.15, 0.2) is 11.5 Å². The van der Waals surface area contributed by atoms with Crippen LogP contribution in [-0.4, -0.2) is 12.9 Å². The van der Waals surface area contributed by atoms with Gasteiger partial charge in [-0.05, 0) is 30.0 Å². The first-order valence-corrected chi connectivity index (χ1v) is 6.52. The standard InChI is InChI=1S/C14H12O3S/c1-8-3-4-10(16-2)13-11(8)12(15)14-9(7-17-13)5-6-18-14/h3-6H,7H2,1-2H3. The topological polar surface area (TPSA) is 35.5 Å². The molecule has 0 amide bonds. The van der Waals surface area contributed by atoms with Gasteiger partial charge in [-0.3, -0.25) is 4.79 Å². The number of carbonyl (C=O) groups is 1. The third kappa shape index (κ3) is 1.53. The second-order valence-corrected chi connectivity index (χ2v) is 5.10. The summed E-state index contributed by atoms with van der Waals surface area (Å²) in [5.74, 6) is 1.20. The second-order valence-electron chi connectivity index (χ2n) is 4.18. The Hall–Kier alpha value is -1.81. The van der Waals surface area contributed by atoms with Gasteiger partial charge in [0, 0.05) is 5.56 Å². The predicted molar refractivity (Wildman–Crippen MR) is 69.8 cm³/mol. The summed E-state index contributed by atoms with van der Waals surface area (Å²) in [5, 5.41) is 1.92. The van der Waals surface area contributed by atoms with Gasteiger partial charge in [-0.1, -0.05) is 6.07 Å². The molecule has 3 nitrogen and oxygen atoms in total. The van der Waals surface area contributed by atoms with Crippen molar-refractivity contribution < 1.29 is 14.3 Å². The van der Waals surface area contributed by atoms with E-state index in [9.17, 15) is 4.79 Å². The molecule has 0 fully saturated rings. The van der Waals surface area contributed by atoms with Gasteiger partial charge in [0.05, 0.1) is 17.6 Å². The predicted octanol–water partition coefficient (Wildman–Crippen LogP) is 3.19. The van der Waals surface area contributed by atoms with Crippen LogP contribution in [0.15, 0.2) is 23.6 Å². The van der Waals surface area contributed by atoms with Crippen molar-refractivity contribution in [2.75, 3.05) is 7.11 Å². The van der Waals surface area contributed by atoms with Crippen LogP contribution in [0.1, 0.15) is 26.4 Å². The Morgan fingerprint density at radius 2 is 2.17 bits per heavy atom. The molecule has 2 aromatic rings. The molecule has 1 aliphatic heterocycles. The number of hydrogen-bond acceptors (Lipinski definition) is 4. The Bertz CT molecular complexity index is 628. The van der Waals surface area contributed by atoms with E-state index in [2.05, 4.69) is 0 Å². The zero-order valence-corrected chi connectivity index (χ0v) is 11.0. The minimum absolute atomic E-state index is 0.0314. The summed E-state index contributed by atoms with van der Waals surface area (Å²) in [5.41, 5.74) is 2.48. The fourth-order valence-corrected chi connectivity index (χ4v) is 3.02. The van der Waals surface area contributed by atoms with E-state index in [1.54, 1.807) is 7.11 Å². The molecule has 1 aromatic carbocycles. The number of fused-ring (bicyclic) bond motifs is 2. The molecule has 92 valence electrons. The molecule has 1 aromatic heterocycles. The van der Waals surface area contributed by atoms with Gasteiger partial charge < -0.3 is 9.47 Å². The first-order valence-electron chi connectivity index (χ1n) is 5.64. The van der Waals surface area contributed by atoms with Gasteiger partial charge in [0.1, 0.15) is 6.61 Å². The monoisotopic (exact) mass is 260 g/mol. The van der Waals surface area contributed by atoms with Gasteiger partial charge in [-0.25, -0.2) is 0 Å². The zero-order valence-electron chi connectivity index (χ0n) is 10.1. The maximum absolute atomic E-state index is 12.6. The molecule has 0 bridgehead atoms. The summed E-state index contributed by atoms with van der Waals surface area (Å²) in [6, 6.07) is 5.66. The molecule has 0 radical (unpaired) electrons. The highest BCUT2D eigenvalue weighted by Crippen LogP contribution is 2.39. The second kappa shape index (κ2) is 4.14. The minimum atomic E-state index is 0.0314. The molecule has 0 unspecified atom stereocenters. The zero-order chi connectivity index (χ0) is 12.7. The van der Waals surface area contributed by atoms with Crippen molar-refractivity contribution in [1.82, 2.24) is 0 Å². The third-order valence-electron chi connectivity index (χ3n) is 3.10. The highest BCUT2D eigenvalue weighted by molar-refractivity contribution is 7.12. The van der Waals surface area contributed by atoms with Crippen molar-refractivity contribution in [3.63, 3.8) is 0 Å². The van der Waals surface area contributed by atoms with E-state index in [0.29, 0.717) is 23.7 Å². The number of benzene rings is 1. The molecule has 0 saturated heterocycles. The molecular formula is C14H12O3S. The van der Waals surface area contributed by atoms with Crippen molar-refractivity contribution in [3.05, 3.63) is 45.1 Å². The maximum atomic E-state index is 12.6. The Balaban J connectivity index is 2.26. The van der Waals surface area contributed by atoms with E-state index >= 15 is 0 Å². The van der Waals surface area contributed by atoms with Crippen LogP contribution in [0.5, 0.6) is 11.5 Å². The van der Waals surface area contributed by atoms with Crippen LogP contribution in [0, 0.1) is 6.92 Å². The lowest BCUT2D eigenvalue weighted by Gasteiger charge is -2.13. The number of methoxy groups -OCH3 is 1. The molecule has 0 spiro atoms. The third-order valence-corrected chi connectivity index (χ3v) is 4.06. The molecule has 18 heavy (non-hydrogen) atoms. The average molecular weight is 260 g/mol. The Morgan fingerprint density at radius 3 is 2.94 bits per heavy atom. The first-order chi connectivity index (χ1) is 8.72. The summed E-state index contributed by atoms with van der Waals surface area (Å²) < 4.78 is 11.0. The molecule has 4 heteroatoms. The van der Waals surface area contributed by atoms with Crippen molar-refractivity contribution >= 4 is 17.1 Å². The summed E-state index contributed by atoms with van der Waals surface area (Å²) in [7, 11) is 1.58. The number of thiophene rings is 1. The van der Waals surface area contributed by atoms with Crippen LogP contribution in [0.25, 0.3) is 0 Å². The summed E-state index contributed by atoms with van der Waals surface area (Å²) >= 11 is 1.46. The molecule has 3 rings (SSSR count). The van der Waals surface area contributed by atoms with E-state index < -0.39 is 0 Å². The number of ketones is 1. The molecule has 0 aliphatic carbocycles. The van der Waals surface area contributed by atoms with Gasteiger partial charge in [0.25, 0.3) is 0 Å². The van der Waals surface area contributed by atoms with Crippen molar-refractivity contribution in [3.8, 4) is 11.5 Å². The maximum Gasteiger partial charge on any atom is 0.207 e. The van der Waals surface area contributed by atoms with Crippen LogP contribution in [0.4, 0.5) is 0 Å². The van der Waals surface area contributed by atoms with Gasteiger partial charge >= 0.3 is 0 Å². The summed E-state index contributed by atoms with van der Waals surface area (Å²) in [6.45, 7) is 2.33. The van der Waals surface area contributed by atoms with Crippen molar-refractivity contribution in [2.24, 2.45) is 0 Å². The largest absolute Gasteiger partial charge is 0.493 e. The van der Waals surface area contributed by atoms with Crippen LogP contribution in [-0.2, 0) is 6.61 Å². The van der Waals surface area contributed by atoms with Gasteiger partial charge in [-0.15, -0.1) is 11.3 Å². The van der Waals surface area contributed by atoms with Crippen LogP contribution >= 0.6 is 11.3 Å². The van der Waals surface area contributed by atoms with Crippen LogP contribution in [0.2, 0.25) is 0 Å². The fourth-order valence-electron chi connectivity index (χ4n) is 2.16. The van der Waals surface area contributed by atoms with Crippen LogP contribution in [0.3, 0.4) is 0 Å². The lowest BCUT2D eigenvalue weighted by atomic mass is 10.0.